The van der Waals surface area contributed by atoms with Gasteiger partial charge in [0.15, 0.2) is 0 Å². The Balaban J connectivity index is 0.936. The molecule has 1 amide bonds. The molecule has 2 aromatic carbocycles. The Morgan fingerprint density at radius 2 is 1.64 bits per heavy atom. The summed E-state index contributed by atoms with van der Waals surface area (Å²) in [4.78, 5) is 27.6. The van der Waals surface area contributed by atoms with E-state index in [1.807, 2.05) is 44.2 Å². The number of sulfonamides is 1. The Bertz CT molecular complexity index is 1830. The van der Waals surface area contributed by atoms with E-state index in [1.165, 1.54) is 74.9 Å². The van der Waals surface area contributed by atoms with Crippen molar-refractivity contribution in [2.45, 2.75) is 154 Å². The van der Waals surface area contributed by atoms with Crippen LogP contribution in [0.25, 0.3) is 0 Å². The fraction of sp³-hybridized carbons (Fsp3) is 0.667. The maximum absolute atomic E-state index is 13.8. The number of carbonyl (C=O) groups is 2. The summed E-state index contributed by atoms with van der Waals surface area (Å²) in [7, 11) is -3.88. The third kappa shape index (κ3) is 8.30. The van der Waals surface area contributed by atoms with Crippen LogP contribution in [-0.4, -0.2) is 43.2 Å². The van der Waals surface area contributed by atoms with Crippen LogP contribution in [0.15, 0.2) is 71.3 Å². The predicted octanol–water partition coefficient (Wildman–Crippen LogP) is 10.2. The first kappa shape index (κ1) is 41.2. The Hall–Kier alpha value is -2.97. The number of allylic oxidation sites excluding steroid dienone is 1. The second-order valence-corrected chi connectivity index (χ2v) is 21.1. The smallest absolute Gasteiger partial charge is 0.333 e. The highest BCUT2D eigenvalue weighted by atomic mass is 32.2. The molecule has 4 aliphatic carbocycles. The predicted molar refractivity (Wildman–Crippen MR) is 223 cm³/mol. The van der Waals surface area contributed by atoms with Crippen LogP contribution in [0, 0.1) is 53.3 Å². The van der Waals surface area contributed by atoms with Gasteiger partial charge in [-0.25, -0.2) is 13.2 Å². The lowest BCUT2D eigenvalue weighted by molar-refractivity contribution is -0.143. The number of benzene rings is 2. The van der Waals surface area contributed by atoms with Crippen molar-refractivity contribution >= 4 is 21.9 Å². The summed E-state index contributed by atoms with van der Waals surface area (Å²) < 4.78 is 34.2. The lowest BCUT2D eigenvalue weighted by Crippen LogP contribution is -2.53. The Morgan fingerprint density at radius 3 is 2.41 bits per heavy atom. The summed E-state index contributed by atoms with van der Waals surface area (Å²) in [5.74, 6) is 4.20. The standard InChI is InChI=1S/C48H68N2O5S/c1-33-19-22-38(23-20-33)56(53,54)50-30-12-18-44(50)45(51)49-43(31-36-15-7-6-8-16-36)46(52)55-32-34(2)13-11-14-35(3)40-25-26-41-39-24-21-37-17-9-10-28-47(37,4)42(39)27-29-48(40,41)5/h6-8,15-16,19-20,22-23,32,35,37,39-44H,9-14,17-18,21,24-31H2,1-5H3,(H,49,51)/t35-,37?,39+,40-,41+,42+,43+,44+,47+,48-/m1/s1. The molecular weight excluding hydrogens is 717 g/mol. The summed E-state index contributed by atoms with van der Waals surface area (Å²) in [6.07, 6.45) is 20.3. The van der Waals surface area contributed by atoms with E-state index in [0.29, 0.717) is 29.6 Å². The molecule has 5 aliphatic rings. The van der Waals surface area contributed by atoms with Gasteiger partial charge in [-0.1, -0.05) is 88.1 Å². The molecule has 1 saturated heterocycles. The van der Waals surface area contributed by atoms with Gasteiger partial charge in [0, 0.05) is 13.0 Å². The van der Waals surface area contributed by atoms with E-state index in [2.05, 4.69) is 26.1 Å². The van der Waals surface area contributed by atoms with E-state index < -0.39 is 34.0 Å². The molecular formula is C48H68N2O5S. The number of nitrogens with zero attached hydrogens (tertiary/aromatic N) is 1. The molecule has 8 heteroatoms. The van der Waals surface area contributed by atoms with E-state index in [9.17, 15) is 18.0 Å². The largest absolute Gasteiger partial charge is 0.433 e. The minimum absolute atomic E-state index is 0.165. The van der Waals surface area contributed by atoms with E-state index in [-0.39, 0.29) is 17.9 Å². The SMILES string of the molecule is CC(=COC(=O)[C@H](Cc1ccccc1)NC(=O)[C@@H]1CCCN1S(=O)(=O)c1ccc(C)cc1)CCC[C@@H](C)[C@H]1CC[C@H]2[C@@H]3CCC4CCCC[C@]4(C)[C@H]3CC[C@]12C. The van der Waals surface area contributed by atoms with Crippen molar-refractivity contribution in [2.75, 3.05) is 6.54 Å². The van der Waals surface area contributed by atoms with Crippen molar-refractivity contribution in [1.82, 2.24) is 9.62 Å². The number of hydrogen-bond donors (Lipinski definition) is 1. The maximum atomic E-state index is 13.8. The number of fused-ring (bicyclic) bond motifs is 5. The molecule has 0 aromatic heterocycles. The normalized spacial score (nSPS) is 33.1. The summed E-state index contributed by atoms with van der Waals surface area (Å²) in [5, 5.41) is 2.89. The average Bonchev–Trinajstić information content (AvgIpc) is 3.83. The Labute approximate surface area is 337 Å². The molecule has 0 bridgehead atoms. The number of esters is 1. The molecule has 56 heavy (non-hydrogen) atoms. The van der Waals surface area contributed by atoms with Crippen LogP contribution >= 0.6 is 0 Å². The van der Waals surface area contributed by atoms with Gasteiger partial charge in [0.1, 0.15) is 12.1 Å². The number of ether oxygens (including phenoxy) is 1. The van der Waals surface area contributed by atoms with Gasteiger partial charge in [0.25, 0.3) is 0 Å². The monoisotopic (exact) mass is 784 g/mol. The van der Waals surface area contributed by atoms with Crippen molar-refractivity contribution in [3.63, 3.8) is 0 Å². The molecule has 0 radical (unpaired) electrons. The van der Waals surface area contributed by atoms with Crippen LogP contribution in [0.2, 0.25) is 0 Å². The Morgan fingerprint density at radius 1 is 0.893 bits per heavy atom. The second kappa shape index (κ2) is 17.1. The zero-order valence-corrected chi connectivity index (χ0v) is 35.6. The van der Waals surface area contributed by atoms with Gasteiger partial charge in [0.2, 0.25) is 15.9 Å². The third-order valence-corrected chi connectivity index (χ3v) is 17.9. The van der Waals surface area contributed by atoms with Gasteiger partial charge in [0.05, 0.1) is 11.2 Å². The molecule has 7 rings (SSSR count). The van der Waals surface area contributed by atoms with E-state index in [1.54, 1.807) is 30.5 Å². The zero-order valence-electron chi connectivity index (χ0n) is 34.8. The summed E-state index contributed by atoms with van der Waals surface area (Å²) in [5.41, 5.74) is 3.91. The minimum atomic E-state index is -3.88. The van der Waals surface area contributed by atoms with Crippen molar-refractivity contribution in [1.29, 1.82) is 0 Å². The summed E-state index contributed by atoms with van der Waals surface area (Å²) in [6.45, 7) is 12.0. The van der Waals surface area contributed by atoms with Gasteiger partial charge < -0.3 is 10.1 Å². The zero-order chi connectivity index (χ0) is 39.7. The van der Waals surface area contributed by atoms with Crippen molar-refractivity contribution < 1.29 is 22.7 Å². The molecule has 1 N–H and O–H groups in total. The fourth-order valence-electron chi connectivity index (χ4n) is 12.9. The van der Waals surface area contributed by atoms with Gasteiger partial charge in [-0.2, -0.15) is 4.31 Å². The lowest BCUT2D eigenvalue weighted by Gasteiger charge is -2.61. The first-order chi connectivity index (χ1) is 26.8. The summed E-state index contributed by atoms with van der Waals surface area (Å²) in [6, 6.07) is 14.4. The molecule has 10 atom stereocenters. The van der Waals surface area contributed by atoms with Gasteiger partial charge in [-0.15, -0.1) is 0 Å². The molecule has 306 valence electrons. The number of hydrogen-bond acceptors (Lipinski definition) is 5. The number of carbonyl (C=O) groups excluding carboxylic acids is 2. The average molecular weight is 785 g/mol. The molecule has 0 spiro atoms. The molecule has 1 aliphatic heterocycles. The number of amides is 1. The maximum Gasteiger partial charge on any atom is 0.333 e. The Kier molecular flexibility index (Phi) is 12.6. The first-order valence-electron chi connectivity index (χ1n) is 22.1. The van der Waals surface area contributed by atoms with Crippen molar-refractivity contribution in [3.05, 3.63) is 77.6 Å². The highest BCUT2D eigenvalue weighted by molar-refractivity contribution is 7.89. The van der Waals surface area contributed by atoms with Gasteiger partial charge in [-0.3, -0.25) is 4.79 Å². The third-order valence-electron chi connectivity index (χ3n) is 16.0. The molecule has 1 heterocycles. The van der Waals surface area contributed by atoms with Crippen LogP contribution in [0.1, 0.15) is 135 Å². The molecule has 7 nitrogen and oxygen atoms in total. The highest BCUT2D eigenvalue weighted by Gasteiger charge is 2.60. The van der Waals surface area contributed by atoms with Crippen LogP contribution in [-0.2, 0) is 30.8 Å². The molecule has 2 aromatic rings. The first-order valence-corrected chi connectivity index (χ1v) is 23.5. The molecule has 5 fully saturated rings. The molecule has 1 unspecified atom stereocenters. The second-order valence-electron chi connectivity index (χ2n) is 19.2. The van der Waals surface area contributed by atoms with Crippen LogP contribution in [0.4, 0.5) is 0 Å². The van der Waals surface area contributed by atoms with Gasteiger partial charge in [-0.05, 0) is 161 Å². The highest BCUT2D eigenvalue weighted by Crippen LogP contribution is 2.68. The van der Waals surface area contributed by atoms with Crippen LogP contribution in [0.5, 0.6) is 0 Å². The van der Waals surface area contributed by atoms with Crippen LogP contribution in [0.3, 0.4) is 0 Å². The number of rotatable bonds is 13. The van der Waals surface area contributed by atoms with Crippen molar-refractivity contribution in [3.8, 4) is 0 Å². The number of nitrogens with one attached hydrogen (secondary N) is 1. The van der Waals surface area contributed by atoms with Crippen molar-refractivity contribution in [2.24, 2.45) is 46.3 Å². The topological polar surface area (TPSA) is 92.8 Å². The van der Waals surface area contributed by atoms with E-state index >= 15 is 0 Å². The van der Waals surface area contributed by atoms with Gasteiger partial charge >= 0.3 is 5.97 Å². The summed E-state index contributed by atoms with van der Waals surface area (Å²) >= 11 is 0. The quantitative estimate of drug-likeness (QED) is 0.161. The van der Waals surface area contributed by atoms with E-state index in [0.717, 1.165) is 59.1 Å². The lowest BCUT2D eigenvalue weighted by atomic mass is 9.44. The molecule has 4 saturated carbocycles. The minimum Gasteiger partial charge on any atom is -0.433 e. The van der Waals surface area contributed by atoms with Crippen LogP contribution < -0.4 is 5.32 Å². The number of aryl methyl sites for hydroxylation is 1. The van der Waals surface area contributed by atoms with E-state index in [4.69, 9.17) is 4.74 Å². The fourth-order valence-corrected chi connectivity index (χ4v) is 14.6.